The number of nitrogens with one attached hydrogen (secondary N) is 1. The number of aryl methyl sites for hydroxylation is 1. The van der Waals surface area contributed by atoms with Gasteiger partial charge < -0.3 is 10.1 Å². The highest BCUT2D eigenvalue weighted by Crippen LogP contribution is 2.34. The van der Waals surface area contributed by atoms with Crippen molar-refractivity contribution in [2.45, 2.75) is 32.4 Å². The monoisotopic (exact) mass is 345 g/mol. The number of benzene rings is 3. The lowest BCUT2D eigenvalue weighted by Crippen LogP contribution is -2.14. The molecule has 134 valence electrons. The molecule has 26 heavy (non-hydrogen) atoms. The van der Waals surface area contributed by atoms with Gasteiger partial charge in [0.2, 0.25) is 0 Å². The summed E-state index contributed by atoms with van der Waals surface area (Å²) in [5.41, 5.74) is 3.95. The maximum Gasteiger partial charge on any atom is 0.124 e. The SMILES string of the molecule is CCNCc1ccccc1.c1ccc(C2CCc3ccccc3O2)cc1. The maximum absolute atomic E-state index is 6.02. The third-order valence-electron chi connectivity index (χ3n) is 4.51. The van der Waals surface area contributed by atoms with Crippen LogP contribution in [0.2, 0.25) is 0 Å². The summed E-state index contributed by atoms with van der Waals surface area (Å²) >= 11 is 0. The minimum absolute atomic E-state index is 0.219. The first kappa shape index (κ1) is 18.2. The van der Waals surface area contributed by atoms with E-state index in [2.05, 4.69) is 79.0 Å². The topological polar surface area (TPSA) is 21.3 Å². The quantitative estimate of drug-likeness (QED) is 0.669. The number of rotatable bonds is 4. The molecule has 0 spiro atoms. The first-order valence-electron chi connectivity index (χ1n) is 9.41. The van der Waals surface area contributed by atoms with Gasteiger partial charge in [-0.05, 0) is 42.1 Å². The van der Waals surface area contributed by atoms with Crippen LogP contribution in [-0.2, 0) is 13.0 Å². The average Bonchev–Trinajstić information content (AvgIpc) is 2.74. The molecule has 0 fully saturated rings. The van der Waals surface area contributed by atoms with E-state index in [4.69, 9.17) is 4.74 Å². The Morgan fingerprint density at radius 3 is 2.23 bits per heavy atom. The minimum Gasteiger partial charge on any atom is -0.485 e. The summed E-state index contributed by atoms with van der Waals surface area (Å²) in [6, 6.07) is 29.2. The highest BCUT2D eigenvalue weighted by Gasteiger charge is 2.20. The molecule has 1 atom stereocenters. The van der Waals surface area contributed by atoms with Crippen LogP contribution in [0, 0.1) is 0 Å². The van der Waals surface area contributed by atoms with Crippen LogP contribution in [0.5, 0.6) is 5.75 Å². The van der Waals surface area contributed by atoms with E-state index in [1.807, 2.05) is 18.2 Å². The Kier molecular flexibility index (Phi) is 6.86. The maximum atomic E-state index is 6.02. The van der Waals surface area contributed by atoms with Crippen LogP contribution in [0.1, 0.15) is 36.1 Å². The minimum atomic E-state index is 0.219. The van der Waals surface area contributed by atoms with E-state index in [9.17, 15) is 0 Å². The summed E-state index contributed by atoms with van der Waals surface area (Å²) in [4.78, 5) is 0. The molecule has 0 amide bonds. The van der Waals surface area contributed by atoms with Gasteiger partial charge in [-0.1, -0.05) is 85.8 Å². The Morgan fingerprint density at radius 2 is 1.50 bits per heavy atom. The van der Waals surface area contributed by atoms with Crippen LogP contribution < -0.4 is 10.1 Å². The zero-order chi connectivity index (χ0) is 18.0. The van der Waals surface area contributed by atoms with Gasteiger partial charge in [-0.2, -0.15) is 0 Å². The number of fused-ring (bicyclic) bond motifs is 1. The summed E-state index contributed by atoms with van der Waals surface area (Å²) in [5, 5.41) is 3.26. The highest BCUT2D eigenvalue weighted by molar-refractivity contribution is 5.36. The summed E-state index contributed by atoms with van der Waals surface area (Å²) < 4.78 is 6.02. The molecule has 1 aliphatic heterocycles. The molecule has 1 aliphatic rings. The summed E-state index contributed by atoms with van der Waals surface area (Å²) in [5.74, 6) is 1.04. The van der Waals surface area contributed by atoms with Crippen molar-refractivity contribution in [3.05, 3.63) is 102 Å². The van der Waals surface area contributed by atoms with E-state index in [0.29, 0.717) is 0 Å². The molecule has 1 unspecified atom stereocenters. The van der Waals surface area contributed by atoms with Crippen LogP contribution >= 0.6 is 0 Å². The first-order chi connectivity index (χ1) is 12.9. The van der Waals surface area contributed by atoms with Crippen molar-refractivity contribution in [2.75, 3.05) is 6.54 Å². The van der Waals surface area contributed by atoms with Crippen LogP contribution in [0.4, 0.5) is 0 Å². The molecule has 0 saturated carbocycles. The predicted molar refractivity (Wildman–Crippen MR) is 108 cm³/mol. The van der Waals surface area contributed by atoms with Gasteiger partial charge in [0.25, 0.3) is 0 Å². The normalized spacial score (nSPS) is 15.2. The van der Waals surface area contributed by atoms with Gasteiger partial charge in [-0.3, -0.25) is 0 Å². The van der Waals surface area contributed by atoms with Crippen LogP contribution in [0.3, 0.4) is 0 Å². The fourth-order valence-corrected chi connectivity index (χ4v) is 3.09. The largest absolute Gasteiger partial charge is 0.485 e. The molecule has 3 aromatic carbocycles. The number of ether oxygens (including phenoxy) is 1. The van der Waals surface area contributed by atoms with Crippen molar-refractivity contribution in [2.24, 2.45) is 0 Å². The summed E-state index contributed by atoms with van der Waals surface area (Å²) in [6.07, 6.45) is 2.40. The third kappa shape index (κ3) is 5.21. The fraction of sp³-hybridized carbons (Fsp3) is 0.250. The average molecular weight is 345 g/mol. The second kappa shape index (κ2) is 9.79. The Labute approximate surface area is 156 Å². The Morgan fingerprint density at radius 1 is 0.846 bits per heavy atom. The van der Waals surface area contributed by atoms with Gasteiger partial charge in [0.05, 0.1) is 0 Å². The Balaban J connectivity index is 0.000000170. The second-order valence-corrected chi connectivity index (χ2v) is 6.43. The van der Waals surface area contributed by atoms with E-state index < -0.39 is 0 Å². The lowest BCUT2D eigenvalue weighted by atomic mass is 9.98. The van der Waals surface area contributed by atoms with Crippen molar-refractivity contribution >= 4 is 0 Å². The molecule has 2 heteroatoms. The molecule has 0 aromatic heterocycles. The van der Waals surface area contributed by atoms with Gasteiger partial charge in [-0.25, -0.2) is 0 Å². The lowest BCUT2D eigenvalue weighted by Gasteiger charge is -2.26. The first-order valence-corrected chi connectivity index (χ1v) is 9.41. The van der Waals surface area contributed by atoms with Crippen LogP contribution in [0.15, 0.2) is 84.9 Å². The predicted octanol–water partition coefficient (Wildman–Crippen LogP) is 5.55. The smallest absolute Gasteiger partial charge is 0.124 e. The van der Waals surface area contributed by atoms with Gasteiger partial charge in [0.1, 0.15) is 11.9 Å². The van der Waals surface area contributed by atoms with Crippen molar-refractivity contribution < 1.29 is 4.74 Å². The van der Waals surface area contributed by atoms with Gasteiger partial charge in [0.15, 0.2) is 0 Å². The van der Waals surface area contributed by atoms with Crippen LogP contribution in [-0.4, -0.2) is 6.54 Å². The molecule has 4 rings (SSSR count). The van der Waals surface area contributed by atoms with E-state index in [1.165, 1.54) is 16.7 Å². The number of para-hydroxylation sites is 1. The number of hydrogen-bond donors (Lipinski definition) is 1. The molecule has 0 radical (unpaired) electrons. The van der Waals surface area contributed by atoms with Crippen LogP contribution in [0.25, 0.3) is 0 Å². The summed E-state index contributed by atoms with van der Waals surface area (Å²) in [6.45, 7) is 4.13. The lowest BCUT2D eigenvalue weighted by molar-refractivity contribution is 0.176. The molecule has 1 N–H and O–H groups in total. The molecule has 1 heterocycles. The van der Waals surface area contributed by atoms with Gasteiger partial charge in [-0.15, -0.1) is 0 Å². The Bertz CT molecular complexity index is 770. The van der Waals surface area contributed by atoms with E-state index in [-0.39, 0.29) is 6.10 Å². The zero-order valence-electron chi connectivity index (χ0n) is 15.4. The Hall–Kier alpha value is -2.58. The van der Waals surface area contributed by atoms with Crippen molar-refractivity contribution in [1.29, 1.82) is 0 Å². The van der Waals surface area contributed by atoms with Gasteiger partial charge in [0, 0.05) is 6.54 Å². The highest BCUT2D eigenvalue weighted by atomic mass is 16.5. The van der Waals surface area contributed by atoms with E-state index in [1.54, 1.807) is 0 Å². The molecular formula is C24H27NO. The number of hydrogen-bond acceptors (Lipinski definition) is 2. The molecule has 0 saturated heterocycles. The van der Waals surface area contributed by atoms with E-state index >= 15 is 0 Å². The molecule has 2 nitrogen and oxygen atoms in total. The molecule has 0 aliphatic carbocycles. The summed E-state index contributed by atoms with van der Waals surface area (Å²) in [7, 11) is 0. The fourth-order valence-electron chi connectivity index (χ4n) is 3.09. The van der Waals surface area contributed by atoms with E-state index in [0.717, 1.165) is 31.7 Å². The van der Waals surface area contributed by atoms with Gasteiger partial charge >= 0.3 is 0 Å². The zero-order valence-corrected chi connectivity index (χ0v) is 15.4. The second-order valence-electron chi connectivity index (χ2n) is 6.43. The molecular weight excluding hydrogens is 318 g/mol. The standard InChI is InChI=1S/C15H14O.C9H13N/c1-2-6-12(7-3-1)15-11-10-13-8-4-5-9-14(13)16-15;1-2-10-8-9-6-4-3-5-7-9/h1-9,15H,10-11H2;3-7,10H,2,8H2,1H3. The third-order valence-corrected chi connectivity index (χ3v) is 4.51. The molecule has 0 bridgehead atoms. The van der Waals surface area contributed by atoms with Crippen molar-refractivity contribution in [1.82, 2.24) is 5.32 Å². The molecule has 3 aromatic rings. The van der Waals surface area contributed by atoms with Crippen molar-refractivity contribution in [3.63, 3.8) is 0 Å². The van der Waals surface area contributed by atoms with Crippen molar-refractivity contribution in [3.8, 4) is 5.75 Å².